The number of esters is 1. The molecular formula is C8H15NO5. The summed E-state index contributed by atoms with van der Waals surface area (Å²) in [5.41, 5.74) is 0. The Kier molecular flexibility index (Phi) is 6.47. The van der Waals surface area contributed by atoms with Crippen molar-refractivity contribution >= 4 is 12.1 Å². The van der Waals surface area contributed by atoms with Gasteiger partial charge in [-0.1, -0.05) is 0 Å². The van der Waals surface area contributed by atoms with Gasteiger partial charge in [0, 0.05) is 6.92 Å². The van der Waals surface area contributed by atoms with Gasteiger partial charge in [0.25, 0.3) is 0 Å². The number of carbonyl (C=O) groups excluding carboxylic acids is 2. The summed E-state index contributed by atoms with van der Waals surface area (Å²) in [6.45, 7) is 2.78. The minimum Gasteiger partial charge on any atom is -0.464 e. The van der Waals surface area contributed by atoms with Crippen LogP contribution in [0.5, 0.6) is 0 Å². The molecule has 0 aromatic heterocycles. The predicted octanol–water partition coefficient (Wildman–Crippen LogP) is -0.343. The summed E-state index contributed by atoms with van der Waals surface area (Å²) in [6, 6.07) is -0.627. The van der Waals surface area contributed by atoms with Crippen molar-refractivity contribution < 1.29 is 24.2 Å². The molecule has 0 rings (SSSR count). The Balaban J connectivity index is 3.78. The molecule has 0 radical (unpaired) electrons. The lowest BCUT2D eigenvalue weighted by Crippen LogP contribution is -2.41. The number of aliphatic hydroxyl groups excluding tert-OH is 1. The summed E-state index contributed by atoms with van der Waals surface area (Å²) >= 11 is 0. The summed E-state index contributed by atoms with van der Waals surface area (Å²) in [5.74, 6) is -0.464. The lowest BCUT2D eigenvalue weighted by atomic mass is 10.3. The third kappa shape index (κ3) is 6.24. The molecule has 1 atom stereocenters. The second kappa shape index (κ2) is 7.14. The zero-order valence-corrected chi connectivity index (χ0v) is 8.28. The number of hydrogen-bond donors (Lipinski definition) is 2. The first-order chi connectivity index (χ1) is 6.60. The molecule has 82 valence electrons. The molecule has 0 saturated carbocycles. The van der Waals surface area contributed by atoms with Gasteiger partial charge in [0.2, 0.25) is 0 Å². The van der Waals surface area contributed by atoms with Crippen LogP contribution < -0.4 is 5.32 Å². The third-order valence-corrected chi connectivity index (χ3v) is 1.31. The fourth-order valence-electron chi connectivity index (χ4n) is 0.697. The Morgan fingerprint density at radius 1 is 1.43 bits per heavy atom. The quantitative estimate of drug-likeness (QED) is 0.599. The van der Waals surface area contributed by atoms with E-state index in [2.05, 4.69) is 14.8 Å². The Hall–Kier alpha value is -1.30. The highest BCUT2D eigenvalue weighted by Crippen LogP contribution is 1.88. The fraction of sp³-hybridized carbons (Fsp3) is 0.750. The summed E-state index contributed by atoms with van der Waals surface area (Å²) in [6.07, 6.45) is -0.640. The van der Waals surface area contributed by atoms with E-state index in [4.69, 9.17) is 5.11 Å². The van der Waals surface area contributed by atoms with Crippen LogP contribution in [0.25, 0.3) is 0 Å². The Morgan fingerprint density at radius 2 is 2.07 bits per heavy atom. The van der Waals surface area contributed by atoms with Crippen molar-refractivity contribution in [2.75, 3.05) is 19.8 Å². The topological polar surface area (TPSA) is 84.9 Å². The smallest absolute Gasteiger partial charge is 0.407 e. The zero-order valence-electron chi connectivity index (χ0n) is 8.28. The van der Waals surface area contributed by atoms with E-state index in [-0.39, 0.29) is 19.8 Å². The van der Waals surface area contributed by atoms with Crippen molar-refractivity contribution in [3.8, 4) is 0 Å². The number of amides is 1. The van der Waals surface area contributed by atoms with Crippen molar-refractivity contribution in [3.63, 3.8) is 0 Å². The average molecular weight is 205 g/mol. The summed E-state index contributed by atoms with van der Waals surface area (Å²) < 4.78 is 9.18. The number of aliphatic hydroxyl groups is 1. The number of ether oxygens (including phenoxy) is 2. The van der Waals surface area contributed by atoms with Gasteiger partial charge in [-0.2, -0.15) is 0 Å². The molecule has 0 aliphatic rings. The predicted molar refractivity (Wildman–Crippen MR) is 47.7 cm³/mol. The van der Waals surface area contributed by atoms with Crippen LogP contribution in [0.2, 0.25) is 0 Å². The van der Waals surface area contributed by atoms with Crippen molar-refractivity contribution in [1.29, 1.82) is 0 Å². The highest BCUT2D eigenvalue weighted by Gasteiger charge is 2.12. The number of rotatable bonds is 5. The van der Waals surface area contributed by atoms with Crippen molar-refractivity contribution in [3.05, 3.63) is 0 Å². The summed E-state index contributed by atoms with van der Waals surface area (Å²) in [5, 5.41) is 11.1. The van der Waals surface area contributed by atoms with E-state index in [1.807, 2.05) is 0 Å². The van der Waals surface area contributed by atoms with Crippen molar-refractivity contribution in [2.45, 2.75) is 19.9 Å². The first kappa shape index (κ1) is 12.7. The number of alkyl carbamates (subject to hydrolysis) is 1. The van der Waals surface area contributed by atoms with Crippen LogP contribution in [0.3, 0.4) is 0 Å². The van der Waals surface area contributed by atoms with Gasteiger partial charge in [-0.3, -0.25) is 4.79 Å². The molecule has 14 heavy (non-hydrogen) atoms. The molecule has 1 amide bonds. The summed E-state index contributed by atoms with van der Waals surface area (Å²) in [4.78, 5) is 21.3. The van der Waals surface area contributed by atoms with Crippen LogP contribution in [-0.4, -0.2) is 43.0 Å². The van der Waals surface area contributed by atoms with E-state index in [9.17, 15) is 9.59 Å². The molecule has 0 saturated heterocycles. The van der Waals surface area contributed by atoms with Gasteiger partial charge in [-0.25, -0.2) is 4.79 Å². The summed E-state index contributed by atoms with van der Waals surface area (Å²) in [7, 11) is 0. The molecule has 0 aliphatic carbocycles. The van der Waals surface area contributed by atoms with E-state index in [0.29, 0.717) is 0 Å². The van der Waals surface area contributed by atoms with Crippen LogP contribution >= 0.6 is 0 Å². The molecule has 0 aliphatic heterocycles. The lowest BCUT2D eigenvalue weighted by molar-refractivity contribution is -0.141. The largest absolute Gasteiger partial charge is 0.464 e. The van der Waals surface area contributed by atoms with E-state index in [1.165, 1.54) is 6.92 Å². The van der Waals surface area contributed by atoms with Gasteiger partial charge in [-0.05, 0) is 6.92 Å². The molecule has 0 aromatic rings. The van der Waals surface area contributed by atoms with Crippen LogP contribution in [0.4, 0.5) is 4.79 Å². The van der Waals surface area contributed by atoms with Gasteiger partial charge >= 0.3 is 12.1 Å². The molecule has 0 spiro atoms. The molecule has 1 unspecified atom stereocenters. The monoisotopic (exact) mass is 205 g/mol. The average Bonchev–Trinajstić information content (AvgIpc) is 2.12. The van der Waals surface area contributed by atoms with E-state index in [1.54, 1.807) is 6.92 Å². The van der Waals surface area contributed by atoms with Crippen LogP contribution in [0, 0.1) is 0 Å². The minimum absolute atomic E-state index is 0.0648. The second-order valence-corrected chi connectivity index (χ2v) is 2.55. The van der Waals surface area contributed by atoms with Gasteiger partial charge in [-0.15, -0.1) is 0 Å². The first-order valence-electron chi connectivity index (χ1n) is 4.27. The maximum atomic E-state index is 10.9. The second-order valence-electron chi connectivity index (χ2n) is 2.55. The van der Waals surface area contributed by atoms with Crippen molar-refractivity contribution in [1.82, 2.24) is 5.32 Å². The van der Waals surface area contributed by atoms with E-state index >= 15 is 0 Å². The van der Waals surface area contributed by atoms with Gasteiger partial charge in [0.15, 0.2) is 0 Å². The maximum absolute atomic E-state index is 10.9. The van der Waals surface area contributed by atoms with Gasteiger partial charge < -0.3 is 19.9 Å². The molecule has 2 N–H and O–H groups in total. The molecule has 0 fully saturated rings. The molecule has 6 nitrogen and oxygen atoms in total. The molecule has 0 heterocycles. The van der Waals surface area contributed by atoms with Gasteiger partial charge in [0.05, 0.1) is 19.3 Å². The van der Waals surface area contributed by atoms with Gasteiger partial charge in [0.1, 0.15) is 6.61 Å². The maximum Gasteiger partial charge on any atom is 0.407 e. The van der Waals surface area contributed by atoms with E-state index < -0.39 is 18.1 Å². The van der Waals surface area contributed by atoms with Crippen LogP contribution in [0.1, 0.15) is 13.8 Å². The highest BCUT2D eigenvalue weighted by atomic mass is 16.6. The Bertz CT molecular complexity index is 194. The molecular weight excluding hydrogens is 190 g/mol. The highest BCUT2D eigenvalue weighted by molar-refractivity contribution is 5.68. The number of nitrogens with one attached hydrogen (secondary N) is 1. The normalized spacial score (nSPS) is 11.6. The minimum atomic E-state index is -0.640. The van der Waals surface area contributed by atoms with Crippen molar-refractivity contribution in [2.24, 2.45) is 0 Å². The van der Waals surface area contributed by atoms with E-state index in [0.717, 1.165) is 0 Å². The number of carbonyl (C=O) groups is 2. The lowest BCUT2D eigenvalue weighted by Gasteiger charge is -2.15. The molecule has 6 heteroatoms. The Morgan fingerprint density at radius 3 is 2.50 bits per heavy atom. The first-order valence-corrected chi connectivity index (χ1v) is 4.27. The van der Waals surface area contributed by atoms with Crippen LogP contribution in [-0.2, 0) is 14.3 Å². The molecule has 0 bridgehead atoms. The van der Waals surface area contributed by atoms with Crippen LogP contribution in [0.15, 0.2) is 0 Å². The third-order valence-electron chi connectivity index (χ3n) is 1.31. The standard InChI is InChI=1S/C8H15NO5/c1-3-13-8(12)9-7(4-10)5-14-6(2)11/h7,10H,3-5H2,1-2H3,(H,9,12). The fourth-order valence-corrected chi connectivity index (χ4v) is 0.697. The number of hydrogen-bond acceptors (Lipinski definition) is 5. The SMILES string of the molecule is CCOC(=O)NC(CO)COC(C)=O. The Labute approximate surface area is 82.2 Å². The molecule has 0 aromatic carbocycles. The zero-order chi connectivity index (χ0) is 11.0.